The fourth-order valence-corrected chi connectivity index (χ4v) is 1.22. The van der Waals surface area contributed by atoms with E-state index in [2.05, 4.69) is 20.6 Å². The molecule has 0 aromatic carbocycles. The van der Waals surface area contributed by atoms with Crippen molar-refractivity contribution in [1.29, 1.82) is 0 Å². The molecule has 6 heteroatoms. The molecule has 1 aromatic rings. The number of rotatable bonds is 7. The van der Waals surface area contributed by atoms with Crippen LogP contribution in [0.2, 0.25) is 0 Å². The van der Waals surface area contributed by atoms with E-state index in [1.807, 2.05) is 20.8 Å². The molecule has 0 saturated heterocycles. The Labute approximate surface area is 107 Å². The number of nitrogens with zero attached hydrogens (tertiary/aromatic N) is 2. The summed E-state index contributed by atoms with van der Waals surface area (Å²) >= 11 is 0. The second kappa shape index (κ2) is 7.47. The Bertz CT molecular complexity index is 382. The van der Waals surface area contributed by atoms with Crippen LogP contribution in [0.3, 0.4) is 0 Å². The molecule has 0 unspecified atom stereocenters. The molecular weight excluding hydrogens is 232 g/mol. The molecule has 18 heavy (non-hydrogen) atoms. The summed E-state index contributed by atoms with van der Waals surface area (Å²) in [6, 6.07) is 1.68. The summed E-state index contributed by atoms with van der Waals surface area (Å²) in [5, 5.41) is 5.61. The highest BCUT2D eigenvalue weighted by Crippen LogP contribution is 2.09. The van der Waals surface area contributed by atoms with Crippen LogP contribution in [-0.2, 0) is 4.79 Å². The van der Waals surface area contributed by atoms with E-state index in [4.69, 9.17) is 4.74 Å². The fraction of sp³-hybridized carbons (Fsp3) is 0.583. The molecule has 0 spiro atoms. The van der Waals surface area contributed by atoms with Crippen molar-refractivity contribution in [3.8, 4) is 5.88 Å². The SMILES string of the molecule is CCCNC(=O)CNc1nccc(OC(C)C)n1. The zero-order chi connectivity index (χ0) is 13.4. The highest BCUT2D eigenvalue weighted by molar-refractivity contribution is 5.80. The number of hydrogen-bond donors (Lipinski definition) is 2. The minimum absolute atomic E-state index is 0.0561. The molecule has 2 N–H and O–H groups in total. The second-order valence-electron chi connectivity index (χ2n) is 4.09. The van der Waals surface area contributed by atoms with Gasteiger partial charge in [-0.25, -0.2) is 4.98 Å². The van der Waals surface area contributed by atoms with Crippen molar-refractivity contribution in [1.82, 2.24) is 15.3 Å². The maximum absolute atomic E-state index is 11.4. The van der Waals surface area contributed by atoms with Crippen molar-refractivity contribution >= 4 is 11.9 Å². The molecule has 6 nitrogen and oxygen atoms in total. The van der Waals surface area contributed by atoms with E-state index in [-0.39, 0.29) is 18.6 Å². The summed E-state index contributed by atoms with van der Waals surface area (Å²) in [5.41, 5.74) is 0. The van der Waals surface area contributed by atoms with Crippen LogP contribution < -0.4 is 15.4 Å². The van der Waals surface area contributed by atoms with Crippen LogP contribution in [0.25, 0.3) is 0 Å². The monoisotopic (exact) mass is 252 g/mol. The molecule has 1 amide bonds. The molecule has 0 aliphatic heterocycles. The minimum atomic E-state index is -0.0735. The van der Waals surface area contributed by atoms with Gasteiger partial charge in [-0.05, 0) is 20.3 Å². The smallest absolute Gasteiger partial charge is 0.239 e. The van der Waals surface area contributed by atoms with Gasteiger partial charge in [0.05, 0.1) is 12.6 Å². The highest BCUT2D eigenvalue weighted by atomic mass is 16.5. The average molecular weight is 252 g/mol. The maximum Gasteiger partial charge on any atom is 0.239 e. The molecule has 0 aliphatic rings. The standard InChI is InChI=1S/C12H20N4O2/c1-4-6-13-10(17)8-15-12-14-7-5-11(16-12)18-9(2)3/h5,7,9H,4,6,8H2,1-3H3,(H,13,17)(H,14,15,16). The van der Waals surface area contributed by atoms with Crippen LogP contribution >= 0.6 is 0 Å². The summed E-state index contributed by atoms with van der Waals surface area (Å²) < 4.78 is 5.43. The highest BCUT2D eigenvalue weighted by Gasteiger charge is 2.04. The van der Waals surface area contributed by atoms with Crippen LogP contribution in [0.5, 0.6) is 5.88 Å². The fourth-order valence-electron chi connectivity index (χ4n) is 1.22. The van der Waals surface area contributed by atoms with Crippen molar-refractivity contribution in [2.24, 2.45) is 0 Å². The third-order valence-corrected chi connectivity index (χ3v) is 1.97. The summed E-state index contributed by atoms with van der Waals surface area (Å²) in [4.78, 5) is 19.5. The first-order valence-electron chi connectivity index (χ1n) is 6.12. The van der Waals surface area contributed by atoms with Gasteiger partial charge in [0.15, 0.2) is 0 Å². The lowest BCUT2D eigenvalue weighted by atomic mass is 10.4. The molecular formula is C12H20N4O2. The minimum Gasteiger partial charge on any atom is -0.475 e. The molecule has 1 heterocycles. The van der Waals surface area contributed by atoms with E-state index in [1.165, 1.54) is 0 Å². The third kappa shape index (κ3) is 5.47. The van der Waals surface area contributed by atoms with Crippen LogP contribution in [0, 0.1) is 0 Å². The van der Waals surface area contributed by atoms with E-state index < -0.39 is 0 Å². The van der Waals surface area contributed by atoms with Crippen molar-refractivity contribution < 1.29 is 9.53 Å². The first-order chi connectivity index (χ1) is 8.61. The lowest BCUT2D eigenvalue weighted by molar-refractivity contribution is -0.119. The Hall–Kier alpha value is -1.85. The second-order valence-corrected chi connectivity index (χ2v) is 4.09. The lowest BCUT2D eigenvalue weighted by Gasteiger charge is -2.10. The molecule has 0 radical (unpaired) electrons. The molecule has 1 rings (SSSR count). The summed E-state index contributed by atoms with van der Waals surface area (Å²) in [5.74, 6) is 0.812. The Morgan fingerprint density at radius 1 is 1.50 bits per heavy atom. The Kier molecular flexibility index (Phi) is 5.90. The average Bonchev–Trinajstić information content (AvgIpc) is 2.33. The zero-order valence-corrected chi connectivity index (χ0v) is 11.1. The molecule has 0 fully saturated rings. The summed E-state index contributed by atoms with van der Waals surface area (Å²) in [6.07, 6.45) is 2.57. The first-order valence-corrected chi connectivity index (χ1v) is 6.12. The largest absolute Gasteiger partial charge is 0.475 e. The van der Waals surface area contributed by atoms with E-state index in [0.717, 1.165) is 6.42 Å². The number of amides is 1. The van der Waals surface area contributed by atoms with Gasteiger partial charge in [0.2, 0.25) is 17.7 Å². The number of carbonyl (C=O) groups excluding carboxylic acids is 1. The summed E-state index contributed by atoms with van der Waals surface area (Å²) in [7, 11) is 0. The molecule has 0 bridgehead atoms. The van der Waals surface area contributed by atoms with E-state index in [1.54, 1.807) is 12.3 Å². The number of carbonyl (C=O) groups is 1. The van der Waals surface area contributed by atoms with Crippen molar-refractivity contribution in [3.63, 3.8) is 0 Å². The molecule has 100 valence electrons. The number of hydrogen-bond acceptors (Lipinski definition) is 5. The zero-order valence-electron chi connectivity index (χ0n) is 11.1. The molecule has 0 aliphatic carbocycles. The van der Waals surface area contributed by atoms with Gasteiger partial charge in [-0.1, -0.05) is 6.92 Å². The van der Waals surface area contributed by atoms with Gasteiger partial charge in [0, 0.05) is 18.8 Å². The number of aromatic nitrogens is 2. The van der Waals surface area contributed by atoms with Crippen LogP contribution in [-0.4, -0.2) is 35.1 Å². The summed E-state index contributed by atoms with van der Waals surface area (Å²) in [6.45, 7) is 6.69. The van der Waals surface area contributed by atoms with E-state index in [0.29, 0.717) is 18.4 Å². The van der Waals surface area contributed by atoms with E-state index >= 15 is 0 Å². The predicted molar refractivity (Wildman–Crippen MR) is 69.6 cm³/mol. The van der Waals surface area contributed by atoms with Crippen LogP contribution in [0.15, 0.2) is 12.3 Å². The van der Waals surface area contributed by atoms with Crippen molar-refractivity contribution in [2.45, 2.75) is 33.3 Å². The molecule has 1 aromatic heterocycles. The number of nitrogens with one attached hydrogen (secondary N) is 2. The third-order valence-electron chi connectivity index (χ3n) is 1.97. The van der Waals surface area contributed by atoms with Gasteiger partial charge < -0.3 is 15.4 Å². The van der Waals surface area contributed by atoms with Gasteiger partial charge in [-0.3, -0.25) is 4.79 Å². The number of ether oxygens (including phenoxy) is 1. The van der Waals surface area contributed by atoms with Gasteiger partial charge in [-0.2, -0.15) is 4.98 Å². The first kappa shape index (κ1) is 14.2. The Balaban J connectivity index is 2.44. The quantitative estimate of drug-likeness (QED) is 0.762. The van der Waals surface area contributed by atoms with Gasteiger partial charge >= 0.3 is 0 Å². The number of anilines is 1. The van der Waals surface area contributed by atoms with E-state index in [9.17, 15) is 4.79 Å². The van der Waals surface area contributed by atoms with Crippen molar-refractivity contribution in [2.75, 3.05) is 18.4 Å². The molecule has 0 atom stereocenters. The normalized spacial score (nSPS) is 10.2. The van der Waals surface area contributed by atoms with Gasteiger partial charge in [0.1, 0.15) is 0 Å². The van der Waals surface area contributed by atoms with Crippen LogP contribution in [0.4, 0.5) is 5.95 Å². The lowest BCUT2D eigenvalue weighted by Crippen LogP contribution is -2.30. The maximum atomic E-state index is 11.4. The predicted octanol–water partition coefficient (Wildman–Crippen LogP) is 1.20. The Morgan fingerprint density at radius 3 is 2.94 bits per heavy atom. The van der Waals surface area contributed by atoms with Crippen molar-refractivity contribution in [3.05, 3.63) is 12.3 Å². The van der Waals surface area contributed by atoms with Gasteiger partial charge in [-0.15, -0.1) is 0 Å². The molecule has 0 saturated carbocycles. The van der Waals surface area contributed by atoms with Gasteiger partial charge in [0.25, 0.3) is 0 Å². The Morgan fingerprint density at radius 2 is 2.28 bits per heavy atom. The van der Waals surface area contributed by atoms with Crippen LogP contribution in [0.1, 0.15) is 27.2 Å². The topological polar surface area (TPSA) is 76.1 Å².